The molecule has 0 aliphatic carbocycles. The zero-order valence-corrected chi connectivity index (χ0v) is 12.4. The molecule has 0 radical (unpaired) electrons. The first-order valence-electron chi connectivity index (χ1n) is 6.86. The van der Waals surface area contributed by atoms with E-state index < -0.39 is 0 Å². The van der Waals surface area contributed by atoms with Crippen molar-refractivity contribution in [3.8, 4) is 0 Å². The van der Waals surface area contributed by atoms with Gasteiger partial charge in [-0.1, -0.05) is 35.9 Å². The van der Waals surface area contributed by atoms with Crippen LogP contribution in [-0.2, 0) is 0 Å². The summed E-state index contributed by atoms with van der Waals surface area (Å²) in [6.45, 7) is 0.936. The molecule has 22 heavy (non-hydrogen) atoms. The van der Waals surface area contributed by atoms with Gasteiger partial charge in [-0.3, -0.25) is 4.79 Å². The lowest BCUT2D eigenvalue weighted by molar-refractivity contribution is 0.0955. The maximum absolute atomic E-state index is 12.0. The number of carbonyl (C=O) groups is 1. The average molecular weight is 316 g/mol. The number of nitrogens with one attached hydrogen (secondary N) is 2. The Morgan fingerprint density at radius 2 is 1.86 bits per heavy atom. The van der Waals surface area contributed by atoms with Crippen molar-refractivity contribution in [3.05, 3.63) is 59.1 Å². The van der Waals surface area contributed by atoms with Crippen LogP contribution in [0.5, 0.6) is 0 Å². The Hall–Kier alpha value is -2.53. The van der Waals surface area contributed by atoms with Gasteiger partial charge in [0.2, 0.25) is 0 Å². The molecule has 0 fully saturated rings. The number of carbonyl (C=O) groups excluding carboxylic acids is 1. The van der Waals surface area contributed by atoms with Crippen molar-refractivity contribution in [1.29, 1.82) is 0 Å². The number of hydrogen-bond donors (Lipinski definition) is 2. The van der Waals surface area contributed by atoms with Crippen LogP contribution in [0.25, 0.3) is 11.1 Å². The van der Waals surface area contributed by atoms with E-state index in [-0.39, 0.29) is 5.91 Å². The summed E-state index contributed by atoms with van der Waals surface area (Å²) in [6, 6.07) is 14.9. The van der Waals surface area contributed by atoms with Gasteiger partial charge in [0.15, 0.2) is 5.58 Å². The molecular formula is C16H14ClN3O2. The molecular weight excluding hydrogens is 302 g/mol. The Balaban J connectivity index is 1.51. The lowest BCUT2D eigenvalue weighted by atomic mass is 10.2. The van der Waals surface area contributed by atoms with Crippen LogP contribution in [-0.4, -0.2) is 24.0 Å². The second kappa shape index (κ2) is 6.49. The fraction of sp³-hybridized carbons (Fsp3) is 0.125. The van der Waals surface area contributed by atoms with Gasteiger partial charge in [0, 0.05) is 13.1 Å². The molecule has 0 unspecified atom stereocenters. The van der Waals surface area contributed by atoms with E-state index in [1.54, 1.807) is 24.3 Å². The van der Waals surface area contributed by atoms with Crippen LogP contribution in [0.1, 0.15) is 10.4 Å². The first kappa shape index (κ1) is 14.4. The number of anilines is 1. The third-order valence-corrected chi connectivity index (χ3v) is 3.43. The van der Waals surface area contributed by atoms with Crippen molar-refractivity contribution in [2.45, 2.75) is 0 Å². The molecule has 0 aliphatic heterocycles. The topological polar surface area (TPSA) is 67.2 Å². The number of halogens is 1. The Bertz CT molecular complexity index is 768. The van der Waals surface area contributed by atoms with E-state index in [2.05, 4.69) is 15.6 Å². The summed E-state index contributed by atoms with van der Waals surface area (Å²) in [4.78, 5) is 16.2. The summed E-state index contributed by atoms with van der Waals surface area (Å²) in [5.74, 6) is -0.204. The van der Waals surface area contributed by atoms with Gasteiger partial charge in [-0.25, -0.2) is 0 Å². The molecule has 1 heterocycles. The van der Waals surface area contributed by atoms with Crippen molar-refractivity contribution in [2.75, 3.05) is 18.4 Å². The normalized spacial score (nSPS) is 10.6. The number of aromatic nitrogens is 1. The highest BCUT2D eigenvalue weighted by Gasteiger charge is 2.09. The number of benzene rings is 2. The van der Waals surface area contributed by atoms with E-state index in [1.165, 1.54) is 0 Å². The first-order valence-corrected chi connectivity index (χ1v) is 7.24. The van der Waals surface area contributed by atoms with Crippen LogP contribution in [0.15, 0.2) is 52.9 Å². The molecule has 2 N–H and O–H groups in total. The zero-order valence-electron chi connectivity index (χ0n) is 11.7. The second-order valence-corrected chi connectivity index (χ2v) is 5.06. The quantitative estimate of drug-likeness (QED) is 0.709. The minimum atomic E-state index is -0.204. The van der Waals surface area contributed by atoms with Gasteiger partial charge >= 0.3 is 0 Å². The molecule has 6 heteroatoms. The van der Waals surface area contributed by atoms with E-state index in [1.807, 2.05) is 24.3 Å². The Kier molecular flexibility index (Phi) is 4.25. The number of hydrogen-bond acceptors (Lipinski definition) is 4. The van der Waals surface area contributed by atoms with Crippen LogP contribution in [0, 0.1) is 0 Å². The molecule has 1 amide bonds. The maximum atomic E-state index is 12.0. The molecule has 0 atom stereocenters. The van der Waals surface area contributed by atoms with Crippen molar-refractivity contribution in [1.82, 2.24) is 10.3 Å². The number of para-hydroxylation sites is 2. The maximum Gasteiger partial charge on any atom is 0.295 e. The fourth-order valence-electron chi connectivity index (χ4n) is 2.03. The Labute approximate surface area is 132 Å². The van der Waals surface area contributed by atoms with Gasteiger partial charge in [0.05, 0.1) is 10.6 Å². The van der Waals surface area contributed by atoms with E-state index in [0.717, 1.165) is 11.1 Å². The largest absolute Gasteiger partial charge is 0.424 e. The van der Waals surface area contributed by atoms with E-state index in [0.29, 0.717) is 29.7 Å². The van der Waals surface area contributed by atoms with Crippen LogP contribution < -0.4 is 10.6 Å². The van der Waals surface area contributed by atoms with E-state index in [9.17, 15) is 4.79 Å². The summed E-state index contributed by atoms with van der Waals surface area (Å²) >= 11 is 5.97. The monoisotopic (exact) mass is 315 g/mol. The number of rotatable bonds is 5. The minimum absolute atomic E-state index is 0.204. The minimum Gasteiger partial charge on any atom is -0.424 e. The van der Waals surface area contributed by atoms with Crippen molar-refractivity contribution in [3.63, 3.8) is 0 Å². The predicted octanol–water partition coefficient (Wildman–Crippen LogP) is 3.32. The summed E-state index contributed by atoms with van der Waals surface area (Å²) in [7, 11) is 0. The summed E-state index contributed by atoms with van der Waals surface area (Å²) in [5, 5.41) is 6.26. The van der Waals surface area contributed by atoms with Crippen LogP contribution in [0.3, 0.4) is 0 Å². The lowest BCUT2D eigenvalue weighted by Crippen LogP contribution is -2.29. The average Bonchev–Trinajstić information content (AvgIpc) is 2.94. The third kappa shape index (κ3) is 3.20. The molecule has 0 aliphatic rings. The lowest BCUT2D eigenvalue weighted by Gasteiger charge is -2.06. The molecule has 3 rings (SSSR count). The molecule has 112 valence electrons. The van der Waals surface area contributed by atoms with Gasteiger partial charge in [-0.2, -0.15) is 4.98 Å². The number of nitrogens with zero attached hydrogens (tertiary/aromatic N) is 1. The van der Waals surface area contributed by atoms with Gasteiger partial charge < -0.3 is 15.1 Å². The standard InChI is InChI=1S/C16H14ClN3O2/c17-12-6-2-1-5-11(12)15(21)18-9-10-19-16-20-13-7-3-4-8-14(13)22-16/h1-8H,9-10H2,(H,18,21)(H,19,20). The predicted molar refractivity (Wildman–Crippen MR) is 86.3 cm³/mol. The van der Waals surface area contributed by atoms with Crippen LogP contribution >= 0.6 is 11.6 Å². The number of amides is 1. The van der Waals surface area contributed by atoms with Crippen LogP contribution in [0.4, 0.5) is 6.01 Å². The van der Waals surface area contributed by atoms with Gasteiger partial charge in [0.1, 0.15) is 5.52 Å². The highest BCUT2D eigenvalue weighted by molar-refractivity contribution is 6.33. The molecule has 0 spiro atoms. The fourth-order valence-corrected chi connectivity index (χ4v) is 2.26. The van der Waals surface area contributed by atoms with Gasteiger partial charge in [-0.05, 0) is 24.3 Å². The Morgan fingerprint density at radius 1 is 1.09 bits per heavy atom. The number of oxazole rings is 1. The highest BCUT2D eigenvalue weighted by Crippen LogP contribution is 2.17. The van der Waals surface area contributed by atoms with E-state index in [4.69, 9.17) is 16.0 Å². The summed E-state index contributed by atoms with van der Waals surface area (Å²) in [5.41, 5.74) is 1.99. The van der Waals surface area contributed by atoms with Crippen molar-refractivity contribution < 1.29 is 9.21 Å². The van der Waals surface area contributed by atoms with Gasteiger partial charge in [-0.15, -0.1) is 0 Å². The Morgan fingerprint density at radius 3 is 2.68 bits per heavy atom. The summed E-state index contributed by atoms with van der Waals surface area (Å²) < 4.78 is 5.52. The summed E-state index contributed by atoms with van der Waals surface area (Å²) in [6.07, 6.45) is 0. The molecule has 3 aromatic rings. The van der Waals surface area contributed by atoms with Crippen LogP contribution in [0.2, 0.25) is 5.02 Å². The molecule has 2 aromatic carbocycles. The van der Waals surface area contributed by atoms with E-state index >= 15 is 0 Å². The van der Waals surface area contributed by atoms with Crippen molar-refractivity contribution >= 4 is 34.6 Å². The smallest absolute Gasteiger partial charge is 0.295 e. The zero-order chi connectivity index (χ0) is 15.4. The molecule has 1 aromatic heterocycles. The molecule has 0 saturated heterocycles. The first-order chi connectivity index (χ1) is 10.7. The van der Waals surface area contributed by atoms with Crippen molar-refractivity contribution in [2.24, 2.45) is 0 Å². The third-order valence-electron chi connectivity index (χ3n) is 3.10. The number of fused-ring (bicyclic) bond motifs is 1. The van der Waals surface area contributed by atoms with Gasteiger partial charge in [0.25, 0.3) is 11.9 Å². The molecule has 5 nitrogen and oxygen atoms in total. The molecule has 0 bridgehead atoms. The highest BCUT2D eigenvalue weighted by atomic mass is 35.5. The molecule has 0 saturated carbocycles. The second-order valence-electron chi connectivity index (χ2n) is 4.65. The SMILES string of the molecule is O=C(NCCNc1nc2ccccc2o1)c1ccccc1Cl.